The summed E-state index contributed by atoms with van der Waals surface area (Å²) in [7, 11) is 4.13. The lowest BCUT2D eigenvalue weighted by molar-refractivity contribution is 0.150. The smallest absolute Gasteiger partial charge is 0.00517 e. The molecule has 0 atom stereocenters. The molecule has 1 fully saturated rings. The Labute approximate surface area is 180 Å². The molecular weight excluding hydrogens is 340 g/mol. The summed E-state index contributed by atoms with van der Waals surface area (Å²) in [5.41, 5.74) is 1.95. The molecule has 1 rings (SSSR count). The Hall–Kier alpha value is -0.600. The first kappa shape index (κ1) is 32.1. The second-order valence-corrected chi connectivity index (χ2v) is 8.19. The third-order valence-corrected chi connectivity index (χ3v) is 5.07. The third-order valence-electron chi connectivity index (χ3n) is 5.07. The molecule has 0 saturated heterocycles. The lowest BCUT2D eigenvalue weighted by Gasteiger charge is -2.38. The minimum atomic E-state index is 0.700. The first-order chi connectivity index (χ1) is 13.4. The van der Waals surface area contributed by atoms with E-state index in [9.17, 15) is 0 Å². The van der Waals surface area contributed by atoms with Gasteiger partial charge in [-0.15, -0.1) is 13.2 Å². The highest BCUT2D eigenvalue weighted by Crippen LogP contribution is 2.43. The number of hydrogen-bond donors (Lipinski definition) is 2. The highest BCUT2D eigenvalue weighted by molar-refractivity contribution is 4.84. The van der Waals surface area contributed by atoms with Gasteiger partial charge in [-0.2, -0.15) is 0 Å². The SMILES string of the molecule is C=C(C)CC.C=CCC.CCC.CNCCCC1(CCCNC)CCCCC1. The van der Waals surface area contributed by atoms with Gasteiger partial charge in [0.1, 0.15) is 0 Å². The molecule has 0 aromatic rings. The van der Waals surface area contributed by atoms with Crippen molar-refractivity contribution >= 4 is 0 Å². The van der Waals surface area contributed by atoms with Crippen LogP contribution in [0.2, 0.25) is 0 Å². The fraction of sp³-hybridized carbons (Fsp3) is 0.846. The number of nitrogens with one attached hydrogen (secondary N) is 2. The number of allylic oxidation sites excluding steroid dienone is 2. The second-order valence-electron chi connectivity index (χ2n) is 8.19. The molecule has 0 aromatic heterocycles. The van der Waals surface area contributed by atoms with Crippen LogP contribution in [0.3, 0.4) is 0 Å². The van der Waals surface area contributed by atoms with Crippen LogP contribution in [0.1, 0.15) is 112 Å². The van der Waals surface area contributed by atoms with E-state index in [0.29, 0.717) is 5.41 Å². The molecule has 0 aromatic carbocycles. The van der Waals surface area contributed by atoms with Crippen LogP contribution in [-0.2, 0) is 0 Å². The fourth-order valence-corrected chi connectivity index (χ4v) is 3.21. The van der Waals surface area contributed by atoms with Crippen LogP contribution in [0.4, 0.5) is 0 Å². The predicted octanol–water partition coefficient (Wildman–Crippen LogP) is 7.91. The van der Waals surface area contributed by atoms with Crippen molar-refractivity contribution in [2.45, 2.75) is 112 Å². The summed E-state index contributed by atoms with van der Waals surface area (Å²) in [5, 5.41) is 6.56. The molecule has 2 heteroatoms. The summed E-state index contributed by atoms with van der Waals surface area (Å²) in [6.45, 7) is 20.0. The topological polar surface area (TPSA) is 24.1 Å². The van der Waals surface area contributed by atoms with E-state index in [-0.39, 0.29) is 0 Å². The molecule has 0 radical (unpaired) electrons. The van der Waals surface area contributed by atoms with E-state index in [4.69, 9.17) is 0 Å². The second kappa shape index (κ2) is 26.4. The minimum absolute atomic E-state index is 0.700. The predicted molar refractivity (Wildman–Crippen MR) is 133 cm³/mol. The van der Waals surface area contributed by atoms with Crippen molar-refractivity contribution in [3.05, 3.63) is 24.8 Å². The van der Waals surface area contributed by atoms with E-state index in [0.717, 1.165) is 12.8 Å². The lowest BCUT2D eigenvalue weighted by atomic mass is 9.68. The molecule has 0 unspecified atom stereocenters. The average Bonchev–Trinajstić information content (AvgIpc) is 2.70. The van der Waals surface area contributed by atoms with Gasteiger partial charge in [0, 0.05) is 0 Å². The zero-order valence-electron chi connectivity index (χ0n) is 20.9. The van der Waals surface area contributed by atoms with Gasteiger partial charge in [-0.05, 0) is 90.9 Å². The molecule has 1 saturated carbocycles. The Morgan fingerprint density at radius 1 is 0.893 bits per heavy atom. The maximum Gasteiger partial charge on any atom is -0.00517 e. The molecule has 2 nitrogen and oxygen atoms in total. The number of hydrogen-bond acceptors (Lipinski definition) is 2. The van der Waals surface area contributed by atoms with Crippen LogP contribution in [0.15, 0.2) is 24.8 Å². The molecule has 0 amide bonds. The molecule has 0 aliphatic heterocycles. The summed E-state index contributed by atoms with van der Waals surface area (Å²) >= 11 is 0. The Morgan fingerprint density at radius 2 is 1.25 bits per heavy atom. The first-order valence-corrected chi connectivity index (χ1v) is 12.0. The van der Waals surface area contributed by atoms with Crippen molar-refractivity contribution in [2.24, 2.45) is 5.41 Å². The summed E-state index contributed by atoms with van der Waals surface area (Å²) in [5.74, 6) is 0. The molecule has 0 heterocycles. The van der Waals surface area contributed by atoms with Gasteiger partial charge in [-0.25, -0.2) is 0 Å². The molecule has 1 aliphatic rings. The van der Waals surface area contributed by atoms with Crippen LogP contribution in [-0.4, -0.2) is 27.2 Å². The summed E-state index contributed by atoms with van der Waals surface area (Å²) in [6, 6.07) is 0. The third kappa shape index (κ3) is 25.4. The Kier molecular flexibility index (Phi) is 30.2. The van der Waals surface area contributed by atoms with Gasteiger partial charge in [0.05, 0.1) is 0 Å². The minimum Gasteiger partial charge on any atom is -0.320 e. The van der Waals surface area contributed by atoms with Crippen molar-refractivity contribution < 1.29 is 0 Å². The van der Waals surface area contributed by atoms with Gasteiger partial charge in [-0.1, -0.05) is 65.0 Å². The van der Waals surface area contributed by atoms with Gasteiger partial charge in [0.2, 0.25) is 0 Å². The summed E-state index contributed by atoms with van der Waals surface area (Å²) in [4.78, 5) is 0. The van der Waals surface area contributed by atoms with Crippen molar-refractivity contribution in [2.75, 3.05) is 27.2 Å². The van der Waals surface area contributed by atoms with Crippen molar-refractivity contribution in [3.63, 3.8) is 0 Å². The molecule has 1 aliphatic carbocycles. The summed E-state index contributed by atoms with van der Waals surface area (Å²) in [6.07, 6.45) is 18.3. The Morgan fingerprint density at radius 3 is 1.50 bits per heavy atom. The molecular formula is C26H56N2. The normalized spacial score (nSPS) is 14.2. The molecule has 0 bridgehead atoms. The largest absolute Gasteiger partial charge is 0.320 e. The average molecular weight is 397 g/mol. The molecule has 2 N–H and O–H groups in total. The zero-order chi connectivity index (χ0) is 22.1. The van der Waals surface area contributed by atoms with Gasteiger partial charge >= 0.3 is 0 Å². The van der Waals surface area contributed by atoms with Crippen molar-refractivity contribution in [1.82, 2.24) is 10.6 Å². The van der Waals surface area contributed by atoms with E-state index in [1.54, 1.807) is 0 Å². The maximum atomic E-state index is 3.67. The molecule has 0 spiro atoms. The van der Waals surface area contributed by atoms with Crippen LogP contribution >= 0.6 is 0 Å². The quantitative estimate of drug-likeness (QED) is 0.289. The van der Waals surface area contributed by atoms with Crippen LogP contribution < -0.4 is 10.6 Å². The maximum absolute atomic E-state index is 3.67. The number of rotatable bonds is 10. The van der Waals surface area contributed by atoms with Gasteiger partial charge < -0.3 is 10.6 Å². The zero-order valence-corrected chi connectivity index (χ0v) is 20.9. The van der Waals surface area contributed by atoms with E-state index >= 15 is 0 Å². The van der Waals surface area contributed by atoms with Crippen molar-refractivity contribution in [3.8, 4) is 0 Å². The van der Waals surface area contributed by atoms with Gasteiger partial charge in [0.15, 0.2) is 0 Å². The van der Waals surface area contributed by atoms with E-state index in [2.05, 4.69) is 65.6 Å². The van der Waals surface area contributed by atoms with Crippen LogP contribution in [0.5, 0.6) is 0 Å². The fourth-order valence-electron chi connectivity index (χ4n) is 3.21. The van der Waals surface area contributed by atoms with E-state index in [1.807, 2.05) is 13.0 Å². The monoisotopic (exact) mass is 396 g/mol. The van der Waals surface area contributed by atoms with Crippen LogP contribution in [0.25, 0.3) is 0 Å². The highest BCUT2D eigenvalue weighted by Gasteiger charge is 2.30. The highest BCUT2D eigenvalue weighted by atomic mass is 14.8. The van der Waals surface area contributed by atoms with Gasteiger partial charge in [0.25, 0.3) is 0 Å². The standard InChI is InChI=1S/C14H30N2.C5H10.C4H8.C3H8/c1-15-12-6-10-14(11-7-13-16-2)8-4-3-5-9-14;1-4-5(2)3;1-3-4-2;1-3-2/h15-16H,3-13H2,1-2H3;2,4H2,1,3H3;3H,1,4H2,2H3;3H2,1-2H3. The van der Waals surface area contributed by atoms with E-state index in [1.165, 1.54) is 82.9 Å². The van der Waals surface area contributed by atoms with E-state index < -0.39 is 0 Å². The lowest BCUT2D eigenvalue weighted by Crippen LogP contribution is -2.26. The Bertz CT molecular complexity index is 292. The van der Waals surface area contributed by atoms with Gasteiger partial charge in [-0.3, -0.25) is 0 Å². The van der Waals surface area contributed by atoms with Crippen molar-refractivity contribution in [1.29, 1.82) is 0 Å². The van der Waals surface area contributed by atoms with Crippen LogP contribution in [0, 0.1) is 5.41 Å². The first-order valence-electron chi connectivity index (χ1n) is 12.0. The molecule has 28 heavy (non-hydrogen) atoms. The Balaban J connectivity index is -0.000000428. The molecule has 170 valence electrons. The summed E-state index contributed by atoms with van der Waals surface area (Å²) < 4.78 is 0.